The highest BCUT2D eigenvalue weighted by molar-refractivity contribution is 7.89. The third-order valence-corrected chi connectivity index (χ3v) is 6.70. The molecule has 10 nitrogen and oxygen atoms in total. The summed E-state index contributed by atoms with van der Waals surface area (Å²) in [6.45, 7) is 2.38. The molecule has 0 saturated carbocycles. The van der Waals surface area contributed by atoms with Gasteiger partial charge in [-0.3, -0.25) is 9.59 Å². The number of carbonyl (C=O) groups is 1. The van der Waals surface area contributed by atoms with Crippen LogP contribution in [0.5, 0.6) is 11.5 Å². The van der Waals surface area contributed by atoms with Gasteiger partial charge in [0.25, 0.3) is 5.56 Å². The summed E-state index contributed by atoms with van der Waals surface area (Å²) in [4.78, 5) is 33.4. The molecule has 1 aromatic heterocycles. The van der Waals surface area contributed by atoms with E-state index in [-0.39, 0.29) is 17.0 Å². The second-order valence-electron chi connectivity index (χ2n) is 7.73. The Morgan fingerprint density at radius 3 is 2.70 bits per heavy atom. The number of hydrogen-bond acceptors (Lipinski definition) is 7. The van der Waals surface area contributed by atoms with Gasteiger partial charge in [0.15, 0.2) is 11.5 Å². The Balaban J connectivity index is 1.46. The second kappa shape index (κ2) is 9.20. The Morgan fingerprint density at radius 2 is 1.91 bits per heavy atom. The number of nitrogens with zero attached hydrogens (tertiary/aromatic N) is 2. The number of benzene rings is 2. The van der Waals surface area contributed by atoms with Gasteiger partial charge in [0.05, 0.1) is 41.6 Å². The maximum Gasteiger partial charge on any atom is 0.258 e. The minimum Gasteiger partial charge on any atom is -0.490 e. The van der Waals surface area contributed by atoms with Crippen molar-refractivity contribution >= 4 is 26.8 Å². The first kappa shape index (κ1) is 22.7. The lowest BCUT2D eigenvalue weighted by atomic mass is 10.2. The quantitative estimate of drug-likeness (QED) is 0.555. The Hall–Kier alpha value is -3.44. The molecule has 2 aromatic carbocycles. The number of nitrogens with one attached hydrogen (secondary N) is 2. The summed E-state index contributed by atoms with van der Waals surface area (Å²) in [5, 5.41) is 0.450. The van der Waals surface area contributed by atoms with Crippen LogP contribution in [0.4, 0.5) is 0 Å². The molecule has 0 spiro atoms. The fourth-order valence-corrected chi connectivity index (χ4v) is 4.72. The van der Waals surface area contributed by atoms with Crippen LogP contribution in [-0.4, -0.2) is 55.5 Å². The Bertz CT molecular complexity index is 1350. The van der Waals surface area contributed by atoms with Crippen molar-refractivity contribution in [2.75, 3.05) is 20.3 Å². The molecule has 1 atom stereocenters. The topological polar surface area (TPSA) is 131 Å². The lowest BCUT2D eigenvalue weighted by Crippen LogP contribution is -2.45. The van der Waals surface area contributed by atoms with E-state index in [2.05, 4.69) is 14.7 Å². The number of para-hydroxylation sites is 1. The lowest BCUT2D eigenvalue weighted by Gasteiger charge is -2.22. The van der Waals surface area contributed by atoms with Gasteiger partial charge in [-0.1, -0.05) is 12.1 Å². The molecule has 1 amide bonds. The fourth-order valence-electron chi connectivity index (χ4n) is 3.50. The van der Waals surface area contributed by atoms with Gasteiger partial charge in [0.1, 0.15) is 5.82 Å². The van der Waals surface area contributed by atoms with Crippen LogP contribution in [0, 0.1) is 0 Å². The Labute approximate surface area is 190 Å². The predicted octanol–water partition coefficient (Wildman–Crippen LogP) is 1.41. The van der Waals surface area contributed by atoms with Crippen LogP contribution in [0.1, 0.15) is 19.2 Å². The minimum atomic E-state index is -4.00. The molecule has 1 aliphatic rings. The average Bonchev–Trinajstić information content (AvgIpc) is 3.03. The highest BCUT2D eigenvalue weighted by Gasteiger charge is 2.26. The first-order valence-electron chi connectivity index (χ1n) is 10.4. The molecule has 11 heteroatoms. The first-order chi connectivity index (χ1) is 15.7. The zero-order valence-corrected chi connectivity index (χ0v) is 19.0. The molecule has 3 aromatic rings. The third-order valence-electron chi connectivity index (χ3n) is 5.16. The minimum absolute atomic E-state index is 0.00893. The standard InChI is InChI=1S/C22H24N4O6S/c1-14(25-33(29,30)15-8-9-18-19(12-15)32-11-5-10-31-18)22(28)26(2)13-20-23-17-7-4-3-6-16(17)21(27)24-20/h3-4,6-9,12,14,25H,5,10-11,13H2,1-2H3,(H,23,24,27). The Kier molecular flexibility index (Phi) is 6.34. The highest BCUT2D eigenvalue weighted by atomic mass is 32.2. The predicted molar refractivity (Wildman–Crippen MR) is 121 cm³/mol. The third kappa shape index (κ3) is 4.99. The van der Waals surface area contributed by atoms with Crippen molar-refractivity contribution < 1.29 is 22.7 Å². The van der Waals surface area contributed by atoms with Crippen LogP contribution in [0.15, 0.2) is 52.2 Å². The molecule has 1 unspecified atom stereocenters. The van der Waals surface area contributed by atoms with Crippen LogP contribution < -0.4 is 19.8 Å². The normalized spacial score (nSPS) is 14.5. The van der Waals surface area contributed by atoms with E-state index < -0.39 is 22.0 Å². The second-order valence-corrected chi connectivity index (χ2v) is 9.44. The van der Waals surface area contributed by atoms with Gasteiger partial charge in [0, 0.05) is 19.5 Å². The number of amides is 1. The van der Waals surface area contributed by atoms with Gasteiger partial charge in [0.2, 0.25) is 15.9 Å². The molecular formula is C22H24N4O6S. The monoisotopic (exact) mass is 472 g/mol. The summed E-state index contributed by atoms with van der Waals surface area (Å²) in [6, 6.07) is 10.2. The molecule has 2 N–H and O–H groups in total. The van der Waals surface area contributed by atoms with Crippen LogP contribution in [0.25, 0.3) is 10.9 Å². The van der Waals surface area contributed by atoms with E-state index in [0.29, 0.717) is 47.9 Å². The molecule has 4 rings (SSSR count). The maximum atomic E-state index is 12.9. The maximum absolute atomic E-state index is 12.9. The molecule has 0 fully saturated rings. The SMILES string of the molecule is CC(NS(=O)(=O)c1ccc2c(c1)OCCCO2)C(=O)N(C)Cc1nc2ccccc2c(=O)[nH]1. The fraction of sp³-hybridized carbons (Fsp3) is 0.318. The number of sulfonamides is 1. The average molecular weight is 473 g/mol. The van der Waals surface area contributed by atoms with E-state index >= 15 is 0 Å². The van der Waals surface area contributed by atoms with Crippen molar-refractivity contribution in [3.05, 3.63) is 58.6 Å². The molecule has 0 radical (unpaired) electrons. The summed E-state index contributed by atoms with van der Waals surface area (Å²) in [7, 11) is -2.49. The molecule has 0 bridgehead atoms. The van der Waals surface area contributed by atoms with E-state index in [1.54, 1.807) is 24.3 Å². The summed E-state index contributed by atoms with van der Waals surface area (Å²) in [5.74, 6) is 0.640. The van der Waals surface area contributed by atoms with Crippen molar-refractivity contribution in [1.82, 2.24) is 19.6 Å². The van der Waals surface area contributed by atoms with Crippen LogP contribution in [0.3, 0.4) is 0 Å². The largest absolute Gasteiger partial charge is 0.490 e. The number of aromatic amines is 1. The molecule has 0 saturated heterocycles. The first-order valence-corrected chi connectivity index (χ1v) is 11.9. The van der Waals surface area contributed by atoms with Crippen molar-refractivity contribution in [3.8, 4) is 11.5 Å². The summed E-state index contributed by atoms with van der Waals surface area (Å²) in [5.41, 5.74) is 0.208. The highest BCUT2D eigenvalue weighted by Crippen LogP contribution is 2.31. The number of likely N-dealkylation sites (N-methyl/N-ethyl adjacent to an activating group) is 1. The number of carbonyl (C=O) groups excluding carboxylic acids is 1. The molecule has 33 heavy (non-hydrogen) atoms. The van der Waals surface area contributed by atoms with Crippen molar-refractivity contribution in [2.45, 2.75) is 30.8 Å². The smallest absolute Gasteiger partial charge is 0.258 e. The van der Waals surface area contributed by atoms with Crippen LogP contribution in [-0.2, 0) is 21.4 Å². The molecule has 0 aliphatic carbocycles. The summed E-state index contributed by atoms with van der Waals surface area (Å²) >= 11 is 0. The van der Waals surface area contributed by atoms with Crippen LogP contribution >= 0.6 is 0 Å². The molecule has 174 valence electrons. The van der Waals surface area contributed by atoms with Gasteiger partial charge < -0.3 is 19.4 Å². The number of H-pyrrole nitrogens is 1. The van der Waals surface area contributed by atoms with E-state index in [0.717, 1.165) is 0 Å². The van der Waals surface area contributed by atoms with Gasteiger partial charge >= 0.3 is 0 Å². The van der Waals surface area contributed by atoms with Gasteiger partial charge in [-0.25, -0.2) is 13.4 Å². The van der Waals surface area contributed by atoms with Gasteiger partial charge in [-0.2, -0.15) is 4.72 Å². The van der Waals surface area contributed by atoms with E-state index in [1.807, 2.05) is 0 Å². The number of fused-ring (bicyclic) bond motifs is 2. The Morgan fingerprint density at radius 1 is 1.18 bits per heavy atom. The van der Waals surface area contributed by atoms with E-state index in [9.17, 15) is 18.0 Å². The molecular weight excluding hydrogens is 448 g/mol. The van der Waals surface area contributed by atoms with E-state index in [4.69, 9.17) is 9.47 Å². The molecule has 1 aliphatic heterocycles. The lowest BCUT2D eigenvalue weighted by molar-refractivity contribution is -0.131. The molecule has 2 heterocycles. The summed E-state index contributed by atoms with van der Waals surface area (Å²) in [6.07, 6.45) is 0.699. The van der Waals surface area contributed by atoms with Crippen LogP contribution in [0.2, 0.25) is 0 Å². The van der Waals surface area contributed by atoms with Crippen molar-refractivity contribution in [1.29, 1.82) is 0 Å². The number of ether oxygens (including phenoxy) is 2. The van der Waals surface area contributed by atoms with Crippen molar-refractivity contribution in [3.63, 3.8) is 0 Å². The zero-order chi connectivity index (χ0) is 23.6. The van der Waals surface area contributed by atoms with E-state index in [1.165, 1.54) is 37.1 Å². The van der Waals surface area contributed by atoms with Gasteiger partial charge in [-0.15, -0.1) is 0 Å². The zero-order valence-electron chi connectivity index (χ0n) is 18.2. The van der Waals surface area contributed by atoms with Crippen molar-refractivity contribution in [2.24, 2.45) is 0 Å². The van der Waals surface area contributed by atoms with Gasteiger partial charge in [-0.05, 0) is 31.2 Å². The number of hydrogen-bond donors (Lipinski definition) is 2. The number of rotatable bonds is 6. The summed E-state index contributed by atoms with van der Waals surface area (Å²) < 4.78 is 39.2. The number of aromatic nitrogens is 2.